The molecule has 0 spiro atoms. The van der Waals surface area contributed by atoms with E-state index in [9.17, 15) is 0 Å². The molecule has 0 saturated heterocycles. The van der Waals surface area contributed by atoms with Crippen molar-refractivity contribution in [1.82, 2.24) is 0 Å². The van der Waals surface area contributed by atoms with E-state index in [1.165, 1.54) is 21.9 Å². The predicted octanol–water partition coefficient (Wildman–Crippen LogP) is 2.75. The zero-order valence-corrected chi connectivity index (χ0v) is 7.50. The predicted molar refractivity (Wildman–Crippen MR) is 53.3 cm³/mol. The van der Waals surface area contributed by atoms with Crippen LogP contribution in [0.2, 0.25) is 0 Å². The van der Waals surface area contributed by atoms with E-state index in [0.717, 1.165) is 12.2 Å². The Morgan fingerprint density at radius 1 is 1.15 bits per heavy atom. The van der Waals surface area contributed by atoms with Crippen molar-refractivity contribution < 1.29 is 4.74 Å². The van der Waals surface area contributed by atoms with Gasteiger partial charge < -0.3 is 4.74 Å². The van der Waals surface area contributed by atoms with Crippen molar-refractivity contribution in [2.24, 2.45) is 0 Å². The standard InChI is InChI=1S/C12H10O/c1-13-12-7-8-6-11(8)9-4-2-3-5-10(9)12/h2-5,7H,6H2,1H3. The molecular weight excluding hydrogens is 160 g/mol. The minimum Gasteiger partial charge on any atom is -0.496 e. The molecule has 1 aliphatic rings. The van der Waals surface area contributed by atoms with Crippen LogP contribution in [0.5, 0.6) is 5.75 Å². The molecule has 2 aromatic rings. The number of hydrogen-bond donors (Lipinski definition) is 0. The summed E-state index contributed by atoms with van der Waals surface area (Å²) in [6.45, 7) is 0. The lowest BCUT2D eigenvalue weighted by Gasteiger charge is -2.03. The lowest BCUT2D eigenvalue weighted by molar-refractivity contribution is 0.420. The van der Waals surface area contributed by atoms with Gasteiger partial charge in [0.2, 0.25) is 0 Å². The largest absolute Gasteiger partial charge is 0.496 e. The smallest absolute Gasteiger partial charge is 0.126 e. The number of ether oxygens (including phenoxy) is 1. The van der Waals surface area contributed by atoms with E-state index >= 15 is 0 Å². The van der Waals surface area contributed by atoms with Gasteiger partial charge in [-0.25, -0.2) is 0 Å². The summed E-state index contributed by atoms with van der Waals surface area (Å²) in [5.74, 6) is 1.01. The van der Waals surface area contributed by atoms with E-state index in [1.807, 2.05) is 0 Å². The molecule has 0 N–H and O–H groups in total. The minimum atomic E-state index is 1.01. The van der Waals surface area contributed by atoms with E-state index in [1.54, 1.807) is 7.11 Å². The second-order valence-electron chi connectivity index (χ2n) is 3.44. The van der Waals surface area contributed by atoms with Gasteiger partial charge in [0.15, 0.2) is 0 Å². The van der Waals surface area contributed by atoms with Gasteiger partial charge in [-0.15, -0.1) is 0 Å². The quantitative estimate of drug-likeness (QED) is 0.545. The SMILES string of the molecule is COc1cc2c(c3ccccc13)C2. The second kappa shape index (κ2) is 2.25. The molecule has 0 saturated carbocycles. The van der Waals surface area contributed by atoms with Crippen LogP contribution >= 0.6 is 0 Å². The molecule has 3 rings (SSSR count). The summed E-state index contributed by atoms with van der Waals surface area (Å²) in [6.07, 6.45) is 1.14. The highest BCUT2D eigenvalue weighted by Gasteiger charge is 2.21. The van der Waals surface area contributed by atoms with Crippen molar-refractivity contribution in [2.75, 3.05) is 7.11 Å². The van der Waals surface area contributed by atoms with E-state index in [-0.39, 0.29) is 0 Å². The van der Waals surface area contributed by atoms with E-state index < -0.39 is 0 Å². The summed E-state index contributed by atoms with van der Waals surface area (Å²) in [5, 5.41) is 2.60. The maximum absolute atomic E-state index is 5.34. The van der Waals surface area contributed by atoms with Crippen molar-refractivity contribution >= 4 is 10.8 Å². The Morgan fingerprint density at radius 2 is 1.92 bits per heavy atom. The Kier molecular flexibility index (Phi) is 1.21. The van der Waals surface area contributed by atoms with Gasteiger partial charge >= 0.3 is 0 Å². The first-order valence-electron chi connectivity index (χ1n) is 4.47. The molecule has 0 heterocycles. The van der Waals surface area contributed by atoms with E-state index in [4.69, 9.17) is 4.74 Å². The second-order valence-corrected chi connectivity index (χ2v) is 3.44. The molecule has 0 atom stereocenters. The molecule has 2 aromatic carbocycles. The Hall–Kier alpha value is -1.50. The summed E-state index contributed by atoms with van der Waals surface area (Å²) in [5.41, 5.74) is 2.94. The molecule has 0 aliphatic heterocycles. The van der Waals surface area contributed by atoms with E-state index in [0.29, 0.717) is 0 Å². The molecule has 0 fully saturated rings. The third kappa shape index (κ3) is 0.872. The average Bonchev–Trinajstić information content (AvgIpc) is 2.95. The zero-order valence-electron chi connectivity index (χ0n) is 7.50. The Morgan fingerprint density at radius 3 is 2.69 bits per heavy atom. The zero-order chi connectivity index (χ0) is 8.84. The highest BCUT2D eigenvalue weighted by atomic mass is 16.5. The fourth-order valence-electron chi connectivity index (χ4n) is 1.92. The Bertz CT molecular complexity index is 486. The summed E-state index contributed by atoms with van der Waals surface area (Å²) < 4.78 is 5.34. The van der Waals surface area contributed by atoms with Crippen LogP contribution in [0.15, 0.2) is 30.3 Å². The fraction of sp³-hybridized carbons (Fsp3) is 0.167. The Balaban J connectivity index is 2.46. The van der Waals surface area contributed by atoms with E-state index in [2.05, 4.69) is 30.3 Å². The molecule has 1 nitrogen and oxygen atoms in total. The topological polar surface area (TPSA) is 9.23 Å². The van der Waals surface area contributed by atoms with Crippen LogP contribution in [0, 0.1) is 0 Å². The lowest BCUT2D eigenvalue weighted by Crippen LogP contribution is -1.83. The van der Waals surface area contributed by atoms with Crippen LogP contribution in [0.4, 0.5) is 0 Å². The summed E-state index contributed by atoms with van der Waals surface area (Å²) in [4.78, 5) is 0. The monoisotopic (exact) mass is 170 g/mol. The van der Waals surface area contributed by atoms with Crippen LogP contribution in [-0.2, 0) is 6.42 Å². The molecule has 0 unspecified atom stereocenters. The first-order chi connectivity index (χ1) is 6.40. The molecular formula is C12H10O. The van der Waals surface area contributed by atoms with Gasteiger partial charge in [-0.05, 0) is 29.0 Å². The Labute approximate surface area is 77.0 Å². The number of hydrogen-bond acceptors (Lipinski definition) is 1. The maximum atomic E-state index is 5.34. The summed E-state index contributed by atoms with van der Waals surface area (Å²) in [6, 6.07) is 10.6. The number of rotatable bonds is 1. The lowest BCUT2D eigenvalue weighted by atomic mass is 10.1. The van der Waals surface area contributed by atoms with Gasteiger partial charge in [-0.1, -0.05) is 24.3 Å². The van der Waals surface area contributed by atoms with Gasteiger partial charge in [-0.3, -0.25) is 0 Å². The molecule has 1 heteroatoms. The van der Waals surface area contributed by atoms with Gasteiger partial charge in [0.1, 0.15) is 5.75 Å². The van der Waals surface area contributed by atoms with Crippen molar-refractivity contribution in [3.05, 3.63) is 41.5 Å². The van der Waals surface area contributed by atoms with Crippen LogP contribution < -0.4 is 4.74 Å². The molecule has 0 bridgehead atoms. The van der Waals surface area contributed by atoms with Gasteiger partial charge in [0.25, 0.3) is 0 Å². The molecule has 0 radical (unpaired) electrons. The fourth-order valence-corrected chi connectivity index (χ4v) is 1.92. The number of fused-ring (bicyclic) bond motifs is 3. The van der Waals surface area contributed by atoms with Crippen molar-refractivity contribution in [2.45, 2.75) is 6.42 Å². The van der Waals surface area contributed by atoms with Crippen molar-refractivity contribution in [3.63, 3.8) is 0 Å². The van der Waals surface area contributed by atoms with Crippen molar-refractivity contribution in [3.8, 4) is 5.75 Å². The first-order valence-corrected chi connectivity index (χ1v) is 4.47. The third-order valence-electron chi connectivity index (χ3n) is 2.67. The molecule has 64 valence electrons. The number of benzene rings is 2. The maximum Gasteiger partial charge on any atom is 0.126 e. The molecule has 0 amide bonds. The third-order valence-corrected chi connectivity index (χ3v) is 2.67. The summed E-state index contributed by atoms with van der Waals surface area (Å²) in [7, 11) is 1.73. The van der Waals surface area contributed by atoms with Crippen molar-refractivity contribution in [1.29, 1.82) is 0 Å². The molecule has 0 aromatic heterocycles. The molecule has 13 heavy (non-hydrogen) atoms. The van der Waals surface area contributed by atoms with Crippen LogP contribution in [-0.4, -0.2) is 7.11 Å². The normalized spacial score (nSPS) is 12.7. The number of methoxy groups -OCH3 is 1. The van der Waals surface area contributed by atoms with Crippen LogP contribution in [0.25, 0.3) is 10.8 Å². The van der Waals surface area contributed by atoms with Crippen LogP contribution in [0.1, 0.15) is 11.1 Å². The highest BCUT2D eigenvalue weighted by Crippen LogP contribution is 2.40. The van der Waals surface area contributed by atoms with Gasteiger partial charge in [0, 0.05) is 5.39 Å². The summed E-state index contributed by atoms with van der Waals surface area (Å²) >= 11 is 0. The average molecular weight is 170 g/mol. The molecule has 1 aliphatic carbocycles. The van der Waals surface area contributed by atoms with Gasteiger partial charge in [-0.2, -0.15) is 0 Å². The minimum absolute atomic E-state index is 1.01. The van der Waals surface area contributed by atoms with Crippen LogP contribution in [0.3, 0.4) is 0 Å². The first kappa shape index (κ1) is 6.96. The highest BCUT2D eigenvalue weighted by molar-refractivity contribution is 5.95. The van der Waals surface area contributed by atoms with Gasteiger partial charge in [0.05, 0.1) is 7.11 Å².